The number of sulfonamides is 1. The highest BCUT2D eigenvalue weighted by Crippen LogP contribution is 2.29. The maximum Gasteiger partial charge on any atom is 0.240 e. The Kier molecular flexibility index (Phi) is 6.34. The van der Waals surface area contributed by atoms with Gasteiger partial charge in [-0.05, 0) is 48.7 Å². The highest BCUT2D eigenvalue weighted by atomic mass is 32.2. The summed E-state index contributed by atoms with van der Waals surface area (Å²) in [5.41, 5.74) is 2.42. The van der Waals surface area contributed by atoms with Crippen molar-refractivity contribution in [2.24, 2.45) is 0 Å². The fourth-order valence-electron chi connectivity index (χ4n) is 3.19. The molecule has 0 amide bonds. The van der Waals surface area contributed by atoms with Crippen molar-refractivity contribution in [2.75, 3.05) is 30.3 Å². The number of hydrogen-bond donors (Lipinski definition) is 3. The van der Waals surface area contributed by atoms with E-state index < -0.39 is 10.0 Å². The summed E-state index contributed by atoms with van der Waals surface area (Å²) in [6.07, 6.45) is 3.32. The van der Waals surface area contributed by atoms with Crippen LogP contribution in [0.5, 0.6) is 5.75 Å². The van der Waals surface area contributed by atoms with E-state index in [2.05, 4.69) is 32.2 Å². The molecule has 3 aromatic rings. The second kappa shape index (κ2) is 9.32. The van der Waals surface area contributed by atoms with Crippen molar-refractivity contribution in [1.29, 1.82) is 0 Å². The predicted octanol–water partition coefficient (Wildman–Crippen LogP) is 3.77. The smallest absolute Gasteiger partial charge is 0.240 e. The highest BCUT2D eigenvalue weighted by molar-refractivity contribution is 7.89. The van der Waals surface area contributed by atoms with Crippen molar-refractivity contribution in [2.45, 2.75) is 24.7 Å². The zero-order valence-corrected chi connectivity index (χ0v) is 18.1. The van der Waals surface area contributed by atoms with E-state index in [0.717, 1.165) is 23.3 Å². The molecule has 1 aliphatic rings. The van der Waals surface area contributed by atoms with Gasteiger partial charge in [-0.3, -0.25) is 0 Å². The average molecular weight is 440 g/mol. The van der Waals surface area contributed by atoms with Gasteiger partial charge in [0.1, 0.15) is 11.6 Å². The number of anilines is 3. The molecule has 0 atom stereocenters. The fraction of sp³-hybridized carbons (Fsp3) is 0.273. The molecule has 1 aliphatic heterocycles. The van der Waals surface area contributed by atoms with Crippen LogP contribution >= 0.6 is 0 Å². The Morgan fingerprint density at radius 2 is 1.94 bits per heavy atom. The van der Waals surface area contributed by atoms with E-state index in [1.54, 1.807) is 30.5 Å². The molecule has 8 nitrogen and oxygen atoms in total. The van der Waals surface area contributed by atoms with Crippen LogP contribution in [0, 0.1) is 0 Å². The number of aromatic nitrogens is 2. The van der Waals surface area contributed by atoms with Crippen LogP contribution in [0.2, 0.25) is 0 Å². The van der Waals surface area contributed by atoms with Gasteiger partial charge < -0.3 is 15.4 Å². The summed E-state index contributed by atoms with van der Waals surface area (Å²) in [5.74, 6) is 1.89. The predicted molar refractivity (Wildman–Crippen MR) is 121 cm³/mol. The van der Waals surface area contributed by atoms with Gasteiger partial charge in [0.05, 0.1) is 11.5 Å². The zero-order valence-electron chi connectivity index (χ0n) is 17.3. The normalized spacial score (nSPS) is 15.4. The lowest BCUT2D eigenvalue weighted by atomic mass is 10.1. The van der Waals surface area contributed by atoms with Gasteiger partial charge in [-0.1, -0.05) is 25.1 Å². The van der Waals surface area contributed by atoms with Crippen LogP contribution in [-0.2, 0) is 10.0 Å². The van der Waals surface area contributed by atoms with E-state index in [0.29, 0.717) is 43.6 Å². The minimum Gasteiger partial charge on any atom is -0.494 e. The van der Waals surface area contributed by atoms with Gasteiger partial charge in [0.15, 0.2) is 0 Å². The maximum atomic E-state index is 12.5. The van der Waals surface area contributed by atoms with Crippen LogP contribution in [0.3, 0.4) is 0 Å². The van der Waals surface area contributed by atoms with Crippen LogP contribution in [0.15, 0.2) is 59.6 Å². The summed E-state index contributed by atoms with van der Waals surface area (Å²) in [5, 5.41) is 6.41. The number of rotatable bonds is 4. The molecule has 31 heavy (non-hydrogen) atoms. The molecule has 0 saturated heterocycles. The molecule has 0 radical (unpaired) electrons. The van der Waals surface area contributed by atoms with Gasteiger partial charge in [-0.2, -0.15) is 4.98 Å². The number of hydrogen-bond acceptors (Lipinski definition) is 7. The van der Waals surface area contributed by atoms with Crippen molar-refractivity contribution in [3.8, 4) is 16.9 Å². The molecule has 4 rings (SSSR count). The van der Waals surface area contributed by atoms with Gasteiger partial charge in [-0.25, -0.2) is 18.1 Å². The largest absolute Gasteiger partial charge is 0.494 e. The monoisotopic (exact) mass is 439 g/mol. The second-order valence-corrected chi connectivity index (χ2v) is 8.93. The first-order valence-corrected chi connectivity index (χ1v) is 11.7. The summed E-state index contributed by atoms with van der Waals surface area (Å²) < 4.78 is 33.3. The quantitative estimate of drug-likeness (QED) is 0.568. The minimum absolute atomic E-state index is 0.201. The van der Waals surface area contributed by atoms with Crippen molar-refractivity contribution >= 4 is 27.5 Å². The van der Waals surface area contributed by atoms with Crippen LogP contribution in [0.1, 0.15) is 19.8 Å². The Bertz CT molecular complexity index is 1150. The average Bonchev–Trinajstić information content (AvgIpc) is 2.78. The van der Waals surface area contributed by atoms with Crippen LogP contribution in [0.25, 0.3) is 11.1 Å². The third kappa shape index (κ3) is 5.12. The standard InChI is InChI=1S/C22H25N5O3S/c1-2-13-30-18-9-7-16(8-10-18)20-15-24-22-26-17-5-3-6-19(14-17)31(28,29)25-12-4-11-23-21(20)27-22/h3,5-10,14-15,25H,2,4,11-13H2,1H3,(H2,23,24,26,27). The first kappa shape index (κ1) is 21.1. The number of fused-ring (bicyclic) bond motifs is 4. The zero-order chi connectivity index (χ0) is 21.7. The Labute approximate surface area is 182 Å². The molecule has 2 heterocycles. The number of nitrogens with one attached hydrogen (secondary N) is 3. The third-order valence-corrected chi connectivity index (χ3v) is 6.22. The lowest BCUT2D eigenvalue weighted by molar-refractivity contribution is 0.317. The molecule has 0 unspecified atom stereocenters. The molecule has 0 saturated carbocycles. The molecule has 162 valence electrons. The lowest BCUT2D eigenvalue weighted by Crippen LogP contribution is -2.26. The molecule has 4 bridgehead atoms. The van der Waals surface area contributed by atoms with E-state index in [9.17, 15) is 8.42 Å². The molecule has 9 heteroatoms. The highest BCUT2D eigenvalue weighted by Gasteiger charge is 2.16. The summed E-state index contributed by atoms with van der Waals surface area (Å²) in [6, 6.07) is 14.4. The molecule has 1 aromatic heterocycles. The molecule has 0 fully saturated rings. The topological polar surface area (TPSA) is 105 Å². The summed E-state index contributed by atoms with van der Waals surface area (Å²) in [4.78, 5) is 9.28. The Balaban J connectivity index is 1.66. The van der Waals surface area contributed by atoms with E-state index in [1.165, 1.54) is 0 Å². The first-order valence-electron chi connectivity index (χ1n) is 10.3. The molecule has 0 spiro atoms. The van der Waals surface area contributed by atoms with Crippen molar-refractivity contribution < 1.29 is 13.2 Å². The molecular weight excluding hydrogens is 414 g/mol. The number of ether oxygens (including phenoxy) is 1. The van der Waals surface area contributed by atoms with Gasteiger partial charge in [-0.15, -0.1) is 0 Å². The Hall–Kier alpha value is -3.17. The Morgan fingerprint density at radius 3 is 2.74 bits per heavy atom. The molecule has 0 aliphatic carbocycles. The summed E-state index contributed by atoms with van der Waals surface area (Å²) >= 11 is 0. The van der Waals surface area contributed by atoms with E-state index >= 15 is 0 Å². The van der Waals surface area contributed by atoms with Gasteiger partial charge in [0.25, 0.3) is 0 Å². The van der Waals surface area contributed by atoms with E-state index in [1.807, 2.05) is 24.3 Å². The van der Waals surface area contributed by atoms with Crippen molar-refractivity contribution in [3.05, 3.63) is 54.7 Å². The van der Waals surface area contributed by atoms with Gasteiger partial charge >= 0.3 is 0 Å². The number of nitrogens with zero attached hydrogens (tertiary/aromatic N) is 2. The third-order valence-electron chi connectivity index (χ3n) is 4.77. The maximum absolute atomic E-state index is 12.5. The summed E-state index contributed by atoms with van der Waals surface area (Å²) in [6.45, 7) is 3.63. The van der Waals surface area contributed by atoms with Crippen molar-refractivity contribution in [1.82, 2.24) is 14.7 Å². The van der Waals surface area contributed by atoms with Gasteiger partial charge in [0, 0.05) is 30.5 Å². The van der Waals surface area contributed by atoms with Crippen molar-refractivity contribution in [3.63, 3.8) is 0 Å². The minimum atomic E-state index is -3.57. The van der Waals surface area contributed by atoms with Crippen LogP contribution in [-0.4, -0.2) is 38.1 Å². The van der Waals surface area contributed by atoms with Gasteiger partial charge in [0.2, 0.25) is 16.0 Å². The molecule has 3 N–H and O–H groups in total. The first-order chi connectivity index (χ1) is 15.0. The van der Waals surface area contributed by atoms with Crippen LogP contribution in [0.4, 0.5) is 17.5 Å². The molecular formula is C22H25N5O3S. The fourth-order valence-corrected chi connectivity index (χ4v) is 4.31. The SMILES string of the molecule is CCCOc1ccc(-c2cnc3nc2NCCCNS(=O)(=O)c2cccc(c2)N3)cc1. The number of benzene rings is 2. The van der Waals surface area contributed by atoms with Crippen LogP contribution < -0.4 is 20.1 Å². The molecule has 2 aromatic carbocycles. The Morgan fingerprint density at radius 1 is 1.10 bits per heavy atom. The lowest BCUT2D eigenvalue weighted by Gasteiger charge is -2.13. The summed E-state index contributed by atoms with van der Waals surface area (Å²) in [7, 11) is -3.57. The van der Waals surface area contributed by atoms with E-state index in [4.69, 9.17) is 4.74 Å². The van der Waals surface area contributed by atoms with E-state index in [-0.39, 0.29) is 4.90 Å². The second-order valence-electron chi connectivity index (χ2n) is 7.16.